The zero-order valence-electron chi connectivity index (χ0n) is 14.4. The van der Waals surface area contributed by atoms with Crippen molar-refractivity contribution < 1.29 is 0 Å². The monoisotopic (exact) mass is 347 g/mol. The summed E-state index contributed by atoms with van der Waals surface area (Å²) >= 11 is 1.84. The predicted molar refractivity (Wildman–Crippen MR) is 105 cm³/mol. The van der Waals surface area contributed by atoms with Crippen molar-refractivity contribution in [1.29, 1.82) is 5.26 Å². The molecule has 0 N–H and O–H groups in total. The standard InChI is InChI=1S/C21H21N3S/c1-16-12-18(25-15-16)14-23-10-4-5-11-24(23)21-9-8-17(13-22)19-6-2-3-7-20(19)21/h2-3,6-9,12,15H,4-5,10-11,14H2,1H3. The minimum atomic E-state index is 0.747. The van der Waals surface area contributed by atoms with E-state index in [1.165, 1.54) is 29.0 Å². The SMILES string of the molecule is Cc1csc(CN2CCCCN2c2ccc(C#N)c3ccccc23)c1. The molecule has 1 aromatic heterocycles. The molecule has 126 valence electrons. The number of aryl methyl sites for hydroxylation is 1. The summed E-state index contributed by atoms with van der Waals surface area (Å²) in [5, 5.41) is 18.7. The Balaban J connectivity index is 1.74. The number of nitriles is 1. The Kier molecular flexibility index (Phi) is 4.44. The van der Waals surface area contributed by atoms with Gasteiger partial charge in [-0.25, -0.2) is 5.01 Å². The molecule has 0 aliphatic carbocycles. The summed E-state index contributed by atoms with van der Waals surface area (Å²) in [7, 11) is 0. The minimum Gasteiger partial charge on any atom is -0.305 e. The van der Waals surface area contributed by atoms with Crippen molar-refractivity contribution in [2.45, 2.75) is 26.3 Å². The molecule has 1 fully saturated rings. The molecule has 1 aliphatic heterocycles. The first kappa shape index (κ1) is 16.1. The molecular formula is C21H21N3S. The molecule has 25 heavy (non-hydrogen) atoms. The van der Waals surface area contributed by atoms with Crippen LogP contribution in [0.5, 0.6) is 0 Å². The first-order chi connectivity index (χ1) is 12.3. The molecule has 0 unspecified atom stereocenters. The van der Waals surface area contributed by atoms with E-state index >= 15 is 0 Å². The molecule has 0 bridgehead atoms. The molecule has 0 atom stereocenters. The van der Waals surface area contributed by atoms with Gasteiger partial charge in [0.05, 0.1) is 23.9 Å². The Morgan fingerprint density at radius 2 is 1.88 bits per heavy atom. The molecule has 1 saturated heterocycles. The predicted octanol–water partition coefficient (Wildman–Crippen LogP) is 5.10. The van der Waals surface area contributed by atoms with E-state index in [4.69, 9.17) is 0 Å². The van der Waals surface area contributed by atoms with Crippen LogP contribution in [0.15, 0.2) is 47.8 Å². The highest BCUT2D eigenvalue weighted by Gasteiger charge is 2.23. The van der Waals surface area contributed by atoms with Crippen LogP contribution in [0.1, 0.15) is 28.8 Å². The lowest BCUT2D eigenvalue weighted by atomic mass is 10.0. The summed E-state index contributed by atoms with van der Waals surface area (Å²) in [6.45, 7) is 5.21. The molecule has 0 amide bonds. The lowest BCUT2D eigenvalue weighted by molar-refractivity contribution is 0.206. The van der Waals surface area contributed by atoms with Crippen molar-refractivity contribution in [3.8, 4) is 6.07 Å². The van der Waals surface area contributed by atoms with E-state index in [9.17, 15) is 5.26 Å². The first-order valence-corrected chi connectivity index (χ1v) is 9.62. The summed E-state index contributed by atoms with van der Waals surface area (Å²) in [6.07, 6.45) is 2.43. The van der Waals surface area contributed by atoms with Gasteiger partial charge in [-0.15, -0.1) is 11.3 Å². The number of nitrogens with zero attached hydrogens (tertiary/aromatic N) is 3. The minimum absolute atomic E-state index is 0.747. The Morgan fingerprint density at radius 3 is 2.64 bits per heavy atom. The van der Waals surface area contributed by atoms with Crippen molar-refractivity contribution in [2.75, 3.05) is 18.1 Å². The molecule has 0 radical (unpaired) electrons. The summed E-state index contributed by atoms with van der Waals surface area (Å²) < 4.78 is 0. The van der Waals surface area contributed by atoms with Gasteiger partial charge < -0.3 is 5.01 Å². The van der Waals surface area contributed by atoms with Crippen LogP contribution in [-0.2, 0) is 6.54 Å². The largest absolute Gasteiger partial charge is 0.305 e. The molecule has 0 saturated carbocycles. The summed E-state index contributed by atoms with van der Waals surface area (Å²) in [5.74, 6) is 0. The van der Waals surface area contributed by atoms with E-state index in [-0.39, 0.29) is 0 Å². The Bertz CT molecular complexity index is 938. The highest BCUT2D eigenvalue weighted by atomic mass is 32.1. The number of benzene rings is 2. The second kappa shape index (κ2) is 6.87. The lowest BCUT2D eigenvalue weighted by Crippen LogP contribution is -2.46. The van der Waals surface area contributed by atoms with E-state index in [0.717, 1.165) is 36.0 Å². The van der Waals surface area contributed by atoms with Crippen molar-refractivity contribution >= 4 is 27.8 Å². The van der Waals surface area contributed by atoms with Crippen molar-refractivity contribution in [3.63, 3.8) is 0 Å². The number of fused-ring (bicyclic) bond motifs is 1. The molecule has 4 heteroatoms. The highest BCUT2D eigenvalue weighted by molar-refractivity contribution is 7.10. The van der Waals surface area contributed by atoms with Crippen LogP contribution in [0.2, 0.25) is 0 Å². The van der Waals surface area contributed by atoms with Gasteiger partial charge >= 0.3 is 0 Å². The van der Waals surface area contributed by atoms with E-state index in [2.05, 4.69) is 52.7 Å². The number of hydrazine groups is 1. The molecule has 2 aromatic carbocycles. The third kappa shape index (κ3) is 3.13. The average Bonchev–Trinajstić information content (AvgIpc) is 3.06. The van der Waals surface area contributed by atoms with Crippen LogP contribution in [-0.4, -0.2) is 18.1 Å². The van der Waals surface area contributed by atoms with Crippen LogP contribution >= 0.6 is 11.3 Å². The van der Waals surface area contributed by atoms with E-state index < -0.39 is 0 Å². The number of anilines is 1. The average molecular weight is 347 g/mol. The molecule has 1 aliphatic rings. The maximum Gasteiger partial charge on any atom is 0.0998 e. The number of hydrogen-bond acceptors (Lipinski definition) is 4. The summed E-state index contributed by atoms with van der Waals surface area (Å²) in [4.78, 5) is 1.40. The fourth-order valence-corrected chi connectivity index (χ4v) is 4.50. The third-order valence-electron chi connectivity index (χ3n) is 4.80. The smallest absolute Gasteiger partial charge is 0.0998 e. The Hall–Kier alpha value is -2.35. The Morgan fingerprint density at radius 1 is 1.08 bits per heavy atom. The highest BCUT2D eigenvalue weighted by Crippen LogP contribution is 2.32. The molecule has 3 aromatic rings. The molecular weight excluding hydrogens is 326 g/mol. The zero-order valence-corrected chi connectivity index (χ0v) is 15.2. The normalized spacial score (nSPS) is 15.4. The van der Waals surface area contributed by atoms with Crippen LogP contribution in [0.25, 0.3) is 10.8 Å². The quantitative estimate of drug-likeness (QED) is 0.660. The fraction of sp³-hybridized carbons (Fsp3) is 0.286. The molecule has 4 rings (SSSR count). The van der Waals surface area contributed by atoms with Crippen LogP contribution in [0.4, 0.5) is 5.69 Å². The Labute approximate surface area is 152 Å². The van der Waals surface area contributed by atoms with Gasteiger partial charge in [0.1, 0.15) is 0 Å². The van der Waals surface area contributed by atoms with E-state index in [0.29, 0.717) is 0 Å². The lowest BCUT2D eigenvalue weighted by Gasteiger charge is -2.40. The maximum absolute atomic E-state index is 9.41. The van der Waals surface area contributed by atoms with Crippen molar-refractivity contribution in [3.05, 3.63) is 63.8 Å². The molecule has 3 nitrogen and oxygen atoms in total. The summed E-state index contributed by atoms with van der Waals surface area (Å²) in [6, 6.07) is 16.9. The topological polar surface area (TPSA) is 30.3 Å². The van der Waals surface area contributed by atoms with E-state index in [1.807, 2.05) is 29.5 Å². The third-order valence-corrected chi connectivity index (χ3v) is 5.84. The van der Waals surface area contributed by atoms with Gasteiger partial charge in [-0.2, -0.15) is 5.26 Å². The summed E-state index contributed by atoms with van der Waals surface area (Å²) in [5.41, 5.74) is 3.30. The van der Waals surface area contributed by atoms with Gasteiger partial charge in [0, 0.05) is 28.7 Å². The van der Waals surface area contributed by atoms with Gasteiger partial charge in [-0.05, 0) is 48.9 Å². The van der Waals surface area contributed by atoms with Gasteiger partial charge in [-0.3, -0.25) is 0 Å². The number of thiophene rings is 1. The van der Waals surface area contributed by atoms with Gasteiger partial charge in [-0.1, -0.05) is 24.3 Å². The van der Waals surface area contributed by atoms with Crippen LogP contribution < -0.4 is 5.01 Å². The van der Waals surface area contributed by atoms with Gasteiger partial charge in [0.2, 0.25) is 0 Å². The number of hydrogen-bond donors (Lipinski definition) is 0. The maximum atomic E-state index is 9.41. The van der Waals surface area contributed by atoms with Gasteiger partial charge in [0.15, 0.2) is 0 Å². The van der Waals surface area contributed by atoms with Crippen molar-refractivity contribution in [1.82, 2.24) is 5.01 Å². The fourth-order valence-electron chi connectivity index (χ4n) is 3.61. The van der Waals surface area contributed by atoms with E-state index in [1.54, 1.807) is 0 Å². The van der Waals surface area contributed by atoms with Crippen molar-refractivity contribution in [2.24, 2.45) is 0 Å². The first-order valence-electron chi connectivity index (χ1n) is 8.74. The second-order valence-corrected chi connectivity index (χ2v) is 7.59. The zero-order chi connectivity index (χ0) is 17.2. The molecule has 0 spiro atoms. The second-order valence-electron chi connectivity index (χ2n) is 6.60. The van der Waals surface area contributed by atoms with Crippen LogP contribution in [0.3, 0.4) is 0 Å². The molecule has 2 heterocycles. The van der Waals surface area contributed by atoms with Gasteiger partial charge in [0.25, 0.3) is 0 Å². The number of rotatable bonds is 3. The van der Waals surface area contributed by atoms with Crippen LogP contribution in [0, 0.1) is 18.3 Å².